The lowest BCUT2D eigenvalue weighted by atomic mass is 10.1. The Morgan fingerprint density at radius 2 is 1.89 bits per heavy atom. The Kier molecular flexibility index (Phi) is 4.02. The Bertz CT molecular complexity index is 1120. The van der Waals surface area contributed by atoms with E-state index in [1.54, 1.807) is 10.6 Å². The first-order valence-electron chi connectivity index (χ1n) is 8.44. The molecule has 0 radical (unpaired) electrons. The van der Waals surface area contributed by atoms with Crippen LogP contribution in [0.15, 0.2) is 53.3 Å². The number of amides is 1. The molecule has 4 rings (SSSR count). The number of para-hydroxylation sites is 1. The number of hydrogen-bond donors (Lipinski definition) is 1. The molecule has 1 aliphatic rings. The largest absolute Gasteiger partial charge is 0.416 e. The molecule has 0 spiro atoms. The fraction of sp³-hybridized carbons (Fsp3) is 0.200. The van der Waals surface area contributed by atoms with E-state index in [9.17, 15) is 22.8 Å². The third-order valence-electron chi connectivity index (χ3n) is 4.75. The summed E-state index contributed by atoms with van der Waals surface area (Å²) in [7, 11) is 0. The van der Waals surface area contributed by atoms with E-state index in [0.29, 0.717) is 12.1 Å². The Balaban J connectivity index is 1.60. The van der Waals surface area contributed by atoms with E-state index in [0.717, 1.165) is 35.0 Å². The molecule has 2 aromatic carbocycles. The highest BCUT2D eigenvalue weighted by Gasteiger charge is 2.30. The normalized spacial score (nSPS) is 13.1. The maximum Gasteiger partial charge on any atom is 0.416 e. The van der Waals surface area contributed by atoms with E-state index in [-0.39, 0.29) is 17.7 Å². The molecule has 1 aromatic heterocycles. The van der Waals surface area contributed by atoms with E-state index in [4.69, 9.17) is 0 Å². The fourth-order valence-corrected chi connectivity index (χ4v) is 3.47. The quantitative estimate of drug-likeness (QED) is 0.765. The number of carbonyl (C=O) groups is 1. The minimum atomic E-state index is -4.45. The van der Waals surface area contributed by atoms with Crippen molar-refractivity contribution in [2.45, 2.75) is 25.7 Å². The number of hydrogen-bond acceptors (Lipinski definition) is 2. The van der Waals surface area contributed by atoms with Crippen LogP contribution in [0.1, 0.15) is 27.0 Å². The van der Waals surface area contributed by atoms with Crippen LogP contribution in [0, 0.1) is 0 Å². The van der Waals surface area contributed by atoms with Gasteiger partial charge in [-0.3, -0.25) is 9.59 Å². The lowest BCUT2D eigenvalue weighted by molar-refractivity contribution is -0.137. The number of pyridine rings is 1. The average Bonchev–Trinajstić information content (AvgIpc) is 3.08. The van der Waals surface area contributed by atoms with Gasteiger partial charge in [0.25, 0.3) is 11.5 Å². The second-order valence-corrected chi connectivity index (χ2v) is 6.50. The van der Waals surface area contributed by atoms with Crippen molar-refractivity contribution < 1.29 is 18.0 Å². The Labute approximate surface area is 152 Å². The number of benzene rings is 2. The predicted octanol–water partition coefficient (Wildman–Crippen LogP) is 3.51. The van der Waals surface area contributed by atoms with Gasteiger partial charge in [-0.05, 0) is 41.1 Å². The molecule has 1 amide bonds. The van der Waals surface area contributed by atoms with Gasteiger partial charge in [0.05, 0.1) is 11.1 Å². The van der Waals surface area contributed by atoms with Gasteiger partial charge in [-0.2, -0.15) is 13.2 Å². The highest BCUT2D eigenvalue weighted by Crippen LogP contribution is 2.29. The zero-order valence-corrected chi connectivity index (χ0v) is 14.1. The number of nitrogens with one attached hydrogen (secondary N) is 1. The number of rotatable bonds is 3. The maximum absolute atomic E-state index is 12.8. The number of aromatic nitrogens is 1. The van der Waals surface area contributed by atoms with Gasteiger partial charge in [-0.1, -0.05) is 30.3 Å². The van der Waals surface area contributed by atoms with Gasteiger partial charge in [-0.25, -0.2) is 0 Å². The second kappa shape index (κ2) is 6.26. The molecule has 0 atom stereocenters. The molecule has 27 heavy (non-hydrogen) atoms. The van der Waals surface area contributed by atoms with Crippen LogP contribution in [-0.4, -0.2) is 10.5 Å². The number of halogens is 3. The summed E-state index contributed by atoms with van der Waals surface area (Å²) in [5, 5.41) is 3.35. The molecule has 0 bridgehead atoms. The predicted molar refractivity (Wildman–Crippen MR) is 94.5 cm³/mol. The van der Waals surface area contributed by atoms with Gasteiger partial charge >= 0.3 is 6.18 Å². The van der Waals surface area contributed by atoms with Crippen molar-refractivity contribution in [1.29, 1.82) is 0 Å². The summed E-state index contributed by atoms with van der Waals surface area (Å²) in [5.74, 6) is -0.597. The van der Waals surface area contributed by atoms with E-state index in [1.165, 1.54) is 12.1 Å². The van der Waals surface area contributed by atoms with Crippen molar-refractivity contribution in [2.75, 3.05) is 0 Å². The van der Waals surface area contributed by atoms with Gasteiger partial charge in [0.1, 0.15) is 5.56 Å². The molecule has 3 aromatic rings. The third-order valence-corrected chi connectivity index (χ3v) is 4.75. The summed E-state index contributed by atoms with van der Waals surface area (Å²) in [6.45, 7) is 0.420. The molecular formula is C20H15F3N2O2. The highest BCUT2D eigenvalue weighted by atomic mass is 19.4. The van der Waals surface area contributed by atoms with Crippen molar-refractivity contribution in [3.63, 3.8) is 0 Å². The van der Waals surface area contributed by atoms with Gasteiger partial charge in [0.2, 0.25) is 0 Å². The summed E-state index contributed by atoms with van der Waals surface area (Å²) < 4.78 is 40.0. The van der Waals surface area contributed by atoms with Crippen LogP contribution in [0.3, 0.4) is 0 Å². The number of carbonyl (C=O) groups excluding carboxylic acids is 1. The molecule has 1 N–H and O–H groups in total. The molecular weight excluding hydrogens is 357 g/mol. The first-order chi connectivity index (χ1) is 12.8. The van der Waals surface area contributed by atoms with Crippen LogP contribution in [0.25, 0.3) is 10.9 Å². The third kappa shape index (κ3) is 3.09. The van der Waals surface area contributed by atoms with Crippen LogP contribution >= 0.6 is 0 Å². The van der Waals surface area contributed by atoms with Gasteiger partial charge < -0.3 is 9.88 Å². The Morgan fingerprint density at radius 3 is 2.67 bits per heavy atom. The van der Waals surface area contributed by atoms with Crippen LogP contribution in [0.5, 0.6) is 0 Å². The lowest BCUT2D eigenvalue weighted by Gasteiger charge is -2.11. The summed E-state index contributed by atoms with van der Waals surface area (Å²) in [6, 6.07) is 12.0. The first kappa shape index (κ1) is 17.3. The molecule has 0 fully saturated rings. The maximum atomic E-state index is 12.8. The van der Waals surface area contributed by atoms with Crippen molar-refractivity contribution in [3.05, 3.63) is 81.1 Å². The topological polar surface area (TPSA) is 51.1 Å². The molecule has 0 saturated heterocycles. The van der Waals surface area contributed by atoms with Crippen LogP contribution in [0.4, 0.5) is 13.2 Å². The summed E-state index contributed by atoms with van der Waals surface area (Å²) in [6.07, 6.45) is -3.71. The molecule has 7 heteroatoms. The molecule has 1 aliphatic heterocycles. The van der Waals surface area contributed by atoms with E-state index < -0.39 is 17.6 Å². The number of nitrogens with zero attached hydrogens (tertiary/aromatic N) is 1. The minimum absolute atomic E-state index is 0.00599. The monoisotopic (exact) mass is 372 g/mol. The van der Waals surface area contributed by atoms with Gasteiger partial charge in [0, 0.05) is 13.1 Å². The fourth-order valence-electron chi connectivity index (χ4n) is 3.47. The van der Waals surface area contributed by atoms with Crippen LogP contribution in [0.2, 0.25) is 0 Å². The first-order valence-corrected chi connectivity index (χ1v) is 8.44. The molecule has 0 saturated carbocycles. The van der Waals surface area contributed by atoms with E-state index in [2.05, 4.69) is 5.32 Å². The summed E-state index contributed by atoms with van der Waals surface area (Å²) >= 11 is 0. The van der Waals surface area contributed by atoms with Gasteiger partial charge in [0.15, 0.2) is 0 Å². The second-order valence-electron chi connectivity index (χ2n) is 6.50. The van der Waals surface area contributed by atoms with Crippen LogP contribution in [-0.2, 0) is 25.7 Å². The zero-order valence-electron chi connectivity index (χ0n) is 14.1. The molecule has 0 aliphatic carbocycles. The Hall–Kier alpha value is -3.09. The summed E-state index contributed by atoms with van der Waals surface area (Å²) in [5.41, 5.74) is 1.06. The Morgan fingerprint density at radius 1 is 1.11 bits per heavy atom. The zero-order chi connectivity index (χ0) is 19.2. The van der Waals surface area contributed by atoms with E-state index in [1.807, 2.05) is 18.2 Å². The van der Waals surface area contributed by atoms with Crippen molar-refractivity contribution >= 4 is 16.8 Å². The average molecular weight is 372 g/mol. The van der Waals surface area contributed by atoms with Crippen molar-refractivity contribution in [2.24, 2.45) is 0 Å². The number of aryl methyl sites for hydroxylation is 2. The molecule has 0 unspecified atom stereocenters. The van der Waals surface area contributed by atoms with E-state index >= 15 is 0 Å². The highest BCUT2D eigenvalue weighted by molar-refractivity contribution is 5.98. The summed E-state index contributed by atoms with van der Waals surface area (Å²) in [4.78, 5) is 25.1. The number of alkyl halides is 3. The van der Waals surface area contributed by atoms with Crippen molar-refractivity contribution in [1.82, 2.24) is 9.88 Å². The standard InChI is InChI=1S/C20H15F3N2O2/c21-20(22,23)15-6-1-3-12(9-15)11-24-18(26)16-10-14-5-2-4-13-7-8-25(17(13)14)19(16)27/h1-6,9-10H,7-8,11H2,(H,24,26). The SMILES string of the molecule is O=C(NCc1cccc(C(F)(F)F)c1)c1cc2cccc3c2n(c1=O)CC3. The lowest BCUT2D eigenvalue weighted by Crippen LogP contribution is -2.32. The van der Waals surface area contributed by atoms with Crippen LogP contribution < -0.4 is 10.9 Å². The van der Waals surface area contributed by atoms with Gasteiger partial charge in [-0.15, -0.1) is 0 Å². The molecule has 4 nitrogen and oxygen atoms in total. The molecule has 138 valence electrons. The smallest absolute Gasteiger partial charge is 0.348 e. The molecule has 2 heterocycles. The van der Waals surface area contributed by atoms with Crippen molar-refractivity contribution in [3.8, 4) is 0 Å². The minimum Gasteiger partial charge on any atom is -0.348 e.